The average molecular weight is 373 g/mol. The number of rotatable bonds is 4. The molecule has 0 aliphatic heterocycles. The molecule has 0 bridgehead atoms. The van der Waals surface area contributed by atoms with E-state index in [4.69, 9.17) is 10.00 Å². The second kappa shape index (κ2) is 6.58. The SMILES string of the molecule is N#Cc1[nH]nnc1-c1cc(Br)cc(COc2cccc(F)c2)c1. The molecule has 1 aromatic heterocycles. The molecule has 114 valence electrons. The Hall–Kier alpha value is -2.72. The van der Waals surface area contributed by atoms with E-state index < -0.39 is 0 Å². The Labute approximate surface area is 139 Å². The van der Waals surface area contributed by atoms with Crippen molar-refractivity contribution in [3.05, 3.63) is 64.0 Å². The van der Waals surface area contributed by atoms with Crippen molar-refractivity contribution < 1.29 is 9.13 Å². The highest BCUT2D eigenvalue weighted by atomic mass is 79.9. The van der Waals surface area contributed by atoms with E-state index in [-0.39, 0.29) is 12.4 Å². The molecule has 0 saturated heterocycles. The fraction of sp³-hybridized carbons (Fsp3) is 0.0625. The number of hydrogen-bond acceptors (Lipinski definition) is 4. The van der Waals surface area contributed by atoms with Crippen LogP contribution in [0.25, 0.3) is 11.3 Å². The number of nitrogens with zero attached hydrogens (tertiary/aromatic N) is 3. The maximum atomic E-state index is 13.2. The van der Waals surface area contributed by atoms with Crippen LogP contribution in [0.3, 0.4) is 0 Å². The zero-order valence-electron chi connectivity index (χ0n) is 11.8. The van der Waals surface area contributed by atoms with Crippen molar-refractivity contribution >= 4 is 15.9 Å². The number of nitriles is 1. The van der Waals surface area contributed by atoms with Gasteiger partial charge in [0.2, 0.25) is 0 Å². The summed E-state index contributed by atoms with van der Waals surface area (Å²) in [6.45, 7) is 0.260. The lowest BCUT2D eigenvalue weighted by molar-refractivity contribution is 0.304. The second-order valence-corrected chi connectivity index (χ2v) is 5.66. The van der Waals surface area contributed by atoms with Crippen molar-refractivity contribution in [3.63, 3.8) is 0 Å². The van der Waals surface area contributed by atoms with Gasteiger partial charge in [0, 0.05) is 16.1 Å². The van der Waals surface area contributed by atoms with Gasteiger partial charge in [-0.15, -0.1) is 5.10 Å². The summed E-state index contributed by atoms with van der Waals surface area (Å²) in [6.07, 6.45) is 0. The Morgan fingerprint density at radius 3 is 2.91 bits per heavy atom. The normalized spacial score (nSPS) is 10.3. The molecule has 5 nitrogen and oxygen atoms in total. The number of aromatic nitrogens is 3. The predicted molar refractivity (Wildman–Crippen MR) is 85.0 cm³/mol. The van der Waals surface area contributed by atoms with Gasteiger partial charge in [0.1, 0.15) is 29.9 Å². The van der Waals surface area contributed by atoms with E-state index in [1.807, 2.05) is 24.3 Å². The number of ether oxygens (including phenoxy) is 1. The molecule has 0 amide bonds. The maximum absolute atomic E-state index is 13.2. The summed E-state index contributed by atoms with van der Waals surface area (Å²) in [4.78, 5) is 0. The third-order valence-electron chi connectivity index (χ3n) is 3.09. The van der Waals surface area contributed by atoms with Crippen molar-refractivity contribution in [1.82, 2.24) is 15.4 Å². The van der Waals surface area contributed by atoms with Gasteiger partial charge in [0.25, 0.3) is 0 Å². The maximum Gasteiger partial charge on any atom is 0.163 e. The summed E-state index contributed by atoms with van der Waals surface area (Å²) < 4.78 is 19.6. The third-order valence-corrected chi connectivity index (χ3v) is 3.55. The molecule has 0 aliphatic rings. The molecule has 0 saturated carbocycles. The number of nitrogens with one attached hydrogen (secondary N) is 1. The molecule has 0 radical (unpaired) electrons. The summed E-state index contributed by atoms with van der Waals surface area (Å²) in [5.74, 6) is 0.101. The number of benzene rings is 2. The van der Waals surface area contributed by atoms with Crippen molar-refractivity contribution in [2.75, 3.05) is 0 Å². The van der Waals surface area contributed by atoms with Crippen LogP contribution in [0.15, 0.2) is 46.9 Å². The summed E-state index contributed by atoms with van der Waals surface area (Å²) >= 11 is 3.43. The number of halogens is 2. The molecule has 3 rings (SSSR count). The van der Waals surface area contributed by atoms with Crippen LogP contribution >= 0.6 is 15.9 Å². The summed E-state index contributed by atoms with van der Waals surface area (Å²) in [6, 6.07) is 13.5. The summed E-state index contributed by atoms with van der Waals surface area (Å²) in [5, 5.41) is 19.2. The van der Waals surface area contributed by atoms with Gasteiger partial charge in [0.15, 0.2) is 5.69 Å². The lowest BCUT2D eigenvalue weighted by atomic mass is 10.1. The number of aromatic amines is 1. The van der Waals surface area contributed by atoms with Gasteiger partial charge >= 0.3 is 0 Å². The van der Waals surface area contributed by atoms with Crippen molar-refractivity contribution in [2.45, 2.75) is 6.61 Å². The molecule has 2 aromatic carbocycles. The first-order valence-electron chi connectivity index (χ1n) is 6.65. The standard InChI is InChI=1S/C16H10BrFN4O/c17-12-5-10(9-23-14-3-1-2-13(18)7-14)4-11(6-12)16-15(8-19)20-22-21-16/h1-7H,9H2,(H,20,21,22). The molecule has 7 heteroatoms. The zero-order chi connectivity index (χ0) is 16.2. The van der Waals surface area contributed by atoms with Crippen LogP contribution in [0.2, 0.25) is 0 Å². The highest BCUT2D eigenvalue weighted by Crippen LogP contribution is 2.26. The molecular formula is C16H10BrFN4O. The predicted octanol–water partition coefficient (Wildman–Crippen LogP) is 3.82. The van der Waals surface area contributed by atoms with Gasteiger partial charge in [-0.3, -0.25) is 0 Å². The van der Waals surface area contributed by atoms with E-state index in [9.17, 15) is 4.39 Å². The fourth-order valence-corrected chi connectivity index (χ4v) is 2.64. The number of hydrogen-bond donors (Lipinski definition) is 1. The van der Waals surface area contributed by atoms with Gasteiger partial charge < -0.3 is 4.74 Å². The molecule has 0 atom stereocenters. The van der Waals surface area contributed by atoms with Gasteiger partial charge in [-0.25, -0.2) is 9.49 Å². The molecule has 1 heterocycles. The molecule has 3 aromatic rings. The Morgan fingerprint density at radius 2 is 2.13 bits per heavy atom. The lowest BCUT2D eigenvalue weighted by Gasteiger charge is -2.08. The van der Waals surface area contributed by atoms with Crippen molar-refractivity contribution in [2.24, 2.45) is 0 Å². The highest BCUT2D eigenvalue weighted by Gasteiger charge is 2.11. The van der Waals surface area contributed by atoms with E-state index >= 15 is 0 Å². The number of H-pyrrole nitrogens is 1. The van der Waals surface area contributed by atoms with E-state index in [0.717, 1.165) is 15.6 Å². The molecule has 0 aliphatic carbocycles. The Kier molecular flexibility index (Phi) is 4.35. The highest BCUT2D eigenvalue weighted by molar-refractivity contribution is 9.10. The Balaban J connectivity index is 1.85. The molecule has 1 N–H and O–H groups in total. The van der Waals surface area contributed by atoms with Gasteiger partial charge in [-0.05, 0) is 35.9 Å². The first kappa shape index (κ1) is 15.2. The average Bonchev–Trinajstić information content (AvgIpc) is 3.01. The Morgan fingerprint density at radius 1 is 1.26 bits per heavy atom. The van der Waals surface area contributed by atoms with Crippen LogP contribution in [-0.4, -0.2) is 15.4 Å². The smallest absolute Gasteiger partial charge is 0.163 e. The summed E-state index contributed by atoms with van der Waals surface area (Å²) in [7, 11) is 0. The van der Waals surface area contributed by atoms with Gasteiger partial charge in [0.05, 0.1) is 0 Å². The molecule has 23 heavy (non-hydrogen) atoms. The second-order valence-electron chi connectivity index (χ2n) is 4.74. The van der Waals surface area contributed by atoms with Crippen molar-refractivity contribution in [1.29, 1.82) is 5.26 Å². The van der Waals surface area contributed by atoms with Gasteiger partial charge in [-0.1, -0.05) is 27.2 Å². The van der Waals surface area contributed by atoms with E-state index in [1.54, 1.807) is 12.1 Å². The third kappa shape index (κ3) is 3.55. The molecule has 0 fully saturated rings. The minimum atomic E-state index is -0.348. The van der Waals surface area contributed by atoms with E-state index in [2.05, 4.69) is 31.3 Å². The zero-order valence-corrected chi connectivity index (χ0v) is 13.3. The van der Waals surface area contributed by atoms with Crippen LogP contribution in [0.4, 0.5) is 4.39 Å². The molecular weight excluding hydrogens is 363 g/mol. The van der Waals surface area contributed by atoms with Gasteiger partial charge in [-0.2, -0.15) is 5.26 Å². The monoisotopic (exact) mass is 372 g/mol. The quantitative estimate of drug-likeness (QED) is 0.755. The van der Waals surface area contributed by atoms with Crippen LogP contribution in [-0.2, 0) is 6.61 Å². The fourth-order valence-electron chi connectivity index (χ4n) is 2.10. The molecule has 0 unspecified atom stereocenters. The molecule has 0 spiro atoms. The van der Waals surface area contributed by atoms with Crippen LogP contribution in [0.5, 0.6) is 5.75 Å². The van der Waals surface area contributed by atoms with E-state index in [1.165, 1.54) is 12.1 Å². The largest absolute Gasteiger partial charge is 0.489 e. The van der Waals surface area contributed by atoms with E-state index in [0.29, 0.717) is 17.1 Å². The minimum absolute atomic E-state index is 0.260. The topological polar surface area (TPSA) is 74.6 Å². The Bertz CT molecular complexity index is 888. The first-order valence-corrected chi connectivity index (χ1v) is 7.44. The van der Waals surface area contributed by atoms with Crippen LogP contribution in [0.1, 0.15) is 11.3 Å². The first-order chi connectivity index (χ1) is 11.2. The van der Waals surface area contributed by atoms with Crippen LogP contribution in [0, 0.1) is 17.1 Å². The van der Waals surface area contributed by atoms with Crippen molar-refractivity contribution in [3.8, 4) is 23.1 Å². The summed E-state index contributed by atoms with van der Waals surface area (Å²) in [5.41, 5.74) is 2.36. The minimum Gasteiger partial charge on any atom is -0.489 e. The lowest BCUT2D eigenvalue weighted by Crippen LogP contribution is -1.97. The van der Waals surface area contributed by atoms with Crippen LogP contribution < -0.4 is 4.74 Å².